The zero-order chi connectivity index (χ0) is 14.8. The van der Waals surface area contributed by atoms with Gasteiger partial charge in [-0.2, -0.15) is 0 Å². The molecule has 6 heteroatoms. The average Bonchev–Trinajstić information content (AvgIpc) is 2.85. The molecule has 0 aliphatic carbocycles. The molecule has 2 aromatic carbocycles. The van der Waals surface area contributed by atoms with Crippen molar-refractivity contribution in [3.63, 3.8) is 0 Å². The first-order valence-electron chi connectivity index (χ1n) is 6.28. The van der Waals surface area contributed by atoms with Crippen LogP contribution in [0.5, 0.6) is 0 Å². The minimum Gasteiger partial charge on any atom is -0.322 e. The Hall–Kier alpha value is -2.21. The Balaban J connectivity index is 1.77. The van der Waals surface area contributed by atoms with Gasteiger partial charge in [0, 0.05) is 4.47 Å². The minimum atomic E-state index is -0.479. The highest BCUT2D eigenvalue weighted by atomic mass is 79.9. The van der Waals surface area contributed by atoms with E-state index in [1.807, 2.05) is 24.3 Å². The van der Waals surface area contributed by atoms with Crippen LogP contribution in [0.2, 0.25) is 0 Å². The molecule has 106 valence electrons. The Morgan fingerprint density at radius 1 is 1.29 bits per heavy atom. The van der Waals surface area contributed by atoms with Crippen LogP contribution in [0.4, 0.5) is 10.1 Å². The highest BCUT2D eigenvalue weighted by Crippen LogP contribution is 2.19. The Bertz CT molecular complexity index is 816. The second-order valence-corrected chi connectivity index (χ2v) is 5.45. The number of benzene rings is 2. The third-order valence-electron chi connectivity index (χ3n) is 3.05. The molecule has 0 radical (unpaired) electrons. The number of hydrogen-bond donors (Lipinski definition) is 1. The molecular formula is C15H11BrFN3O. The fourth-order valence-electron chi connectivity index (χ4n) is 2.07. The lowest BCUT2D eigenvalue weighted by Gasteiger charge is -2.08. The number of para-hydroxylation sites is 2. The van der Waals surface area contributed by atoms with Crippen LogP contribution in [0.3, 0.4) is 0 Å². The van der Waals surface area contributed by atoms with Gasteiger partial charge < -0.3 is 9.88 Å². The molecule has 1 N–H and O–H groups in total. The highest BCUT2D eigenvalue weighted by Gasteiger charge is 2.10. The lowest BCUT2D eigenvalue weighted by molar-refractivity contribution is -0.116. The predicted molar refractivity (Wildman–Crippen MR) is 82.5 cm³/mol. The van der Waals surface area contributed by atoms with Crippen LogP contribution >= 0.6 is 15.9 Å². The van der Waals surface area contributed by atoms with Crippen molar-refractivity contribution in [1.82, 2.24) is 9.55 Å². The van der Waals surface area contributed by atoms with Crippen LogP contribution in [-0.4, -0.2) is 15.5 Å². The van der Waals surface area contributed by atoms with Crippen molar-refractivity contribution in [3.8, 4) is 0 Å². The van der Waals surface area contributed by atoms with E-state index in [4.69, 9.17) is 0 Å². The number of nitrogens with zero attached hydrogens (tertiary/aromatic N) is 2. The molecule has 1 amide bonds. The summed E-state index contributed by atoms with van der Waals surface area (Å²) in [5, 5.41) is 2.56. The van der Waals surface area contributed by atoms with Crippen molar-refractivity contribution in [1.29, 1.82) is 0 Å². The van der Waals surface area contributed by atoms with Crippen LogP contribution in [-0.2, 0) is 11.3 Å². The maximum absolute atomic E-state index is 13.7. The van der Waals surface area contributed by atoms with Gasteiger partial charge in [-0.3, -0.25) is 4.79 Å². The average molecular weight is 348 g/mol. The number of halogens is 2. The van der Waals surface area contributed by atoms with Crippen LogP contribution in [0.15, 0.2) is 53.3 Å². The third-order valence-corrected chi connectivity index (χ3v) is 3.54. The number of amides is 1. The Morgan fingerprint density at radius 3 is 2.90 bits per heavy atom. The van der Waals surface area contributed by atoms with Gasteiger partial charge in [0.1, 0.15) is 12.4 Å². The number of carbonyl (C=O) groups excluding carboxylic acids is 1. The first-order chi connectivity index (χ1) is 10.1. The molecule has 0 aliphatic heterocycles. The molecule has 0 spiro atoms. The van der Waals surface area contributed by atoms with Gasteiger partial charge in [0.15, 0.2) is 0 Å². The maximum Gasteiger partial charge on any atom is 0.244 e. The highest BCUT2D eigenvalue weighted by molar-refractivity contribution is 9.10. The lowest BCUT2D eigenvalue weighted by atomic mass is 10.3. The molecule has 0 aliphatic rings. The fourth-order valence-corrected chi connectivity index (χ4v) is 2.40. The molecule has 0 atom stereocenters. The van der Waals surface area contributed by atoms with E-state index in [-0.39, 0.29) is 18.1 Å². The minimum absolute atomic E-state index is 0.0794. The van der Waals surface area contributed by atoms with Crippen LogP contribution < -0.4 is 5.32 Å². The molecule has 3 aromatic rings. The first kappa shape index (κ1) is 13.8. The largest absolute Gasteiger partial charge is 0.322 e. The van der Waals surface area contributed by atoms with Crippen molar-refractivity contribution < 1.29 is 9.18 Å². The van der Waals surface area contributed by atoms with E-state index in [1.165, 1.54) is 12.1 Å². The Kier molecular flexibility index (Phi) is 3.70. The number of carbonyl (C=O) groups is 1. The fraction of sp³-hybridized carbons (Fsp3) is 0.0667. The second kappa shape index (κ2) is 5.65. The smallest absolute Gasteiger partial charge is 0.244 e. The number of anilines is 1. The summed E-state index contributed by atoms with van der Waals surface area (Å²) in [7, 11) is 0. The number of aromatic nitrogens is 2. The molecule has 4 nitrogen and oxygen atoms in total. The Morgan fingerprint density at radius 2 is 2.10 bits per heavy atom. The number of imidazole rings is 1. The van der Waals surface area contributed by atoms with Gasteiger partial charge in [0.25, 0.3) is 0 Å². The maximum atomic E-state index is 13.7. The van der Waals surface area contributed by atoms with E-state index in [2.05, 4.69) is 26.2 Å². The van der Waals surface area contributed by atoms with Crippen LogP contribution in [0.25, 0.3) is 11.0 Å². The van der Waals surface area contributed by atoms with Gasteiger partial charge in [-0.15, -0.1) is 0 Å². The molecule has 21 heavy (non-hydrogen) atoms. The quantitative estimate of drug-likeness (QED) is 0.787. The van der Waals surface area contributed by atoms with Gasteiger partial charge in [-0.05, 0) is 30.3 Å². The molecular weight excluding hydrogens is 337 g/mol. The van der Waals surface area contributed by atoms with Gasteiger partial charge in [-0.1, -0.05) is 28.1 Å². The zero-order valence-electron chi connectivity index (χ0n) is 10.9. The summed E-state index contributed by atoms with van der Waals surface area (Å²) in [4.78, 5) is 16.2. The van der Waals surface area contributed by atoms with Crippen LogP contribution in [0.1, 0.15) is 0 Å². The van der Waals surface area contributed by atoms with E-state index in [9.17, 15) is 9.18 Å². The van der Waals surface area contributed by atoms with Crippen molar-refractivity contribution in [2.75, 3.05) is 5.32 Å². The molecule has 1 aromatic heterocycles. The van der Waals surface area contributed by atoms with E-state index in [0.717, 1.165) is 11.0 Å². The zero-order valence-corrected chi connectivity index (χ0v) is 12.5. The van der Waals surface area contributed by atoms with Gasteiger partial charge in [0.2, 0.25) is 5.91 Å². The van der Waals surface area contributed by atoms with E-state index in [1.54, 1.807) is 17.0 Å². The summed E-state index contributed by atoms with van der Waals surface area (Å²) >= 11 is 3.17. The van der Waals surface area contributed by atoms with Crippen molar-refractivity contribution in [2.24, 2.45) is 0 Å². The molecule has 3 rings (SSSR count). The van der Waals surface area contributed by atoms with Gasteiger partial charge in [0.05, 0.1) is 23.0 Å². The standard InChI is InChI=1S/C15H11BrFN3O/c16-10-5-6-12(11(17)7-10)19-15(21)8-20-9-18-13-3-1-2-4-14(13)20/h1-7,9H,8H2,(H,19,21). The molecule has 0 saturated heterocycles. The summed E-state index contributed by atoms with van der Waals surface area (Å²) < 4.78 is 16.0. The number of fused-ring (bicyclic) bond motifs is 1. The summed E-state index contributed by atoms with van der Waals surface area (Å²) in [6.07, 6.45) is 1.60. The monoisotopic (exact) mass is 347 g/mol. The first-order valence-corrected chi connectivity index (χ1v) is 7.07. The normalized spacial score (nSPS) is 10.8. The molecule has 0 fully saturated rings. The van der Waals surface area contributed by atoms with Gasteiger partial charge >= 0.3 is 0 Å². The van der Waals surface area contributed by atoms with E-state index >= 15 is 0 Å². The topological polar surface area (TPSA) is 46.9 Å². The predicted octanol–water partition coefficient (Wildman–Crippen LogP) is 3.58. The molecule has 1 heterocycles. The summed E-state index contributed by atoms with van der Waals surface area (Å²) in [6, 6.07) is 12.0. The van der Waals surface area contributed by atoms with E-state index < -0.39 is 5.82 Å². The second-order valence-electron chi connectivity index (χ2n) is 4.53. The number of nitrogens with one attached hydrogen (secondary N) is 1. The summed E-state index contributed by atoms with van der Waals surface area (Å²) in [6.45, 7) is 0.0794. The lowest BCUT2D eigenvalue weighted by Crippen LogP contribution is -2.18. The van der Waals surface area contributed by atoms with Crippen LogP contribution in [0, 0.1) is 5.82 Å². The van der Waals surface area contributed by atoms with E-state index in [0.29, 0.717) is 4.47 Å². The number of rotatable bonds is 3. The molecule has 0 unspecified atom stereocenters. The molecule has 0 bridgehead atoms. The number of hydrogen-bond acceptors (Lipinski definition) is 2. The third kappa shape index (κ3) is 2.95. The Labute approximate surface area is 128 Å². The van der Waals surface area contributed by atoms with Crippen molar-refractivity contribution in [3.05, 3.63) is 59.1 Å². The molecule has 0 saturated carbocycles. The summed E-state index contributed by atoms with van der Waals surface area (Å²) in [5.41, 5.74) is 1.84. The van der Waals surface area contributed by atoms with Crippen molar-refractivity contribution >= 4 is 38.6 Å². The van der Waals surface area contributed by atoms with Crippen molar-refractivity contribution in [2.45, 2.75) is 6.54 Å². The van der Waals surface area contributed by atoms with Gasteiger partial charge in [-0.25, -0.2) is 9.37 Å². The SMILES string of the molecule is O=C(Cn1cnc2ccccc21)Nc1ccc(Br)cc1F. The summed E-state index contributed by atoms with van der Waals surface area (Å²) in [5.74, 6) is -0.785.